The number of carbonyl (C=O) groups excluding carboxylic acids is 1. The van der Waals surface area contributed by atoms with Gasteiger partial charge in [-0.25, -0.2) is 4.98 Å². The molecular formula is C15H23N3O4. The molecule has 1 aromatic rings. The van der Waals surface area contributed by atoms with Gasteiger partial charge in [-0.3, -0.25) is 9.59 Å². The van der Waals surface area contributed by atoms with Crippen LogP contribution in [-0.4, -0.2) is 48.3 Å². The Morgan fingerprint density at radius 1 is 1.55 bits per heavy atom. The molecule has 2 rings (SSSR count). The van der Waals surface area contributed by atoms with Gasteiger partial charge in [-0.2, -0.15) is 0 Å². The zero-order valence-electron chi connectivity index (χ0n) is 12.9. The molecule has 1 aliphatic heterocycles. The number of aryl methyl sites for hydroxylation is 1. The standard InChI is InChI=1S/C15H23N3O4/c1-11-8-14(19)18-13(17-11)5-6-16-15(20)10-21-9-12-4-2-3-7-22-12/h8,12H,2-7,9-10H2,1H3,(H,16,20)(H,17,18,19)/t12-/m0/s1. The van der Waals surface area contributed by atoms with E-state index < -0.39 is 0 Å². The Hall–Kier alpha value is -1.73. The number of amides is 1. The summed E-state index contributed by atoms with van der Waals surface area (Å²) >= 11 is 0. The first kappa shape index (κ1) is 16.6. The van der Waals surface area contributed by atoms with Crippen LogP contribution in [0.4, 0.5) is 0 Å². The molecule has 0 bridgehead atoms. The van der Waals surface area contributed by atoms with Crippen LogP contribution in [0.25, 0.3) is 0 Å². The van der Waals surface area contributed by atoms with Gasteiger partial charge in [0.1, 0.15) is 12.4 Å². The maximum atomic E-state index is 11.6. The average molecular weight is 309 g/mol. The second-order valence-electron chi connectivity index (χ2n) is 5.44. The van der Waals surface area contributed by atoms with Crippen LogP contribution in [0, 0.1) is 6.92 Å². The second-order valence-corrected chi connectivity index (χ2v) is 5.44. The van der Waals surface area contributed by atoms with Crippen molar-refractivity contribution in [2.45, 2.75) is 38.7 Å². The highest BCUT2D eigenvalue weighted by Gasteiger charge is 2.14. The summed E-state index contributed by atoms with van der Waals surface area (Å²) in [6.45, 7) is 3.44. The Balaban J connectivity index is 1.60. The summed E-state index contributed by atoms with van der Waals surface area (Å²) in [4.78, 5) is 29.8. The maximum Gasteiger partial charge on any atom is 0.251 e. The van der Waals surface area contributed by atoms with Crippen LogP contribution >= 0.6 is 0 Å². The minimum atomic E-state index is -0.176. The van der Waals surface area contributed by atoms with Gasteiger partial charge < -0.3 is 19.8 Å². The van der Waals surface area contributed by atoms with Crippen molar-refractivity contribution in [3.8, 4) is 0 Å². The number of aromatic nitrogens is 2. The Labute approximate surface area is 129 Å². The lowest BCUT2D eigenvalue weighted by molar-refractivity contribution is -0.127. The number of hydrogen-bond acceptors (Lipinski definition) is 5. The third-order valence-corrected chi connectivity index (χ3v) is 3.41. The normalized spacial score (nSPS) is 18.1. The lowest BCUT2D eigenvalue weighted by Gasteiger charge is -2.22. The number of hydrogen-bond donors (Lipinski definition) is 2. The Bertz CT molecular complexity index is 538. The predicted octanol–water partition coefficient (Wildman–Crippen LogP) is 0.323. The molecule has 0 saturated carbocycles. The molecule has 0 spiro atoms. The van der Waals surface area contributed by atoms with E-state index in [-0.39, 0.29) is 24.2 Å². The summed E-state index contributed by atoms with van der Waals surface area (Å²) in [5.74, 6) is 0.396. The SMILES string of the molecule is Cc1cc(=O)[nH]c(CCNC(=O)COC[C@@H]2CCCCO2)n1. The minimum absolute atomic E-state index is 0.0254. The average Bonchev–Trinajstić information content (AvgIpc) is 2.47. The minimum Gasteiger partial charge on any atom is -0.376 e. The first-order chi connectivity index (χ1) is 10.6. The third kappa shape index (κ3) is 5.95. The number of aromatic amines is 1. The zero-order chi connectivity index (χ0) is 15.8. The van der Waals surface area contributed by atoms with E-state index in [0.717, 1.165) is 25.9 Å². The van der Waals surface area contributed by atoms with Crippen molar-refractivity contribution in [2.24, 2.45) is 0 Å². The summed E-state index contributed by atoms with van der Waals surface area (Å²) in [6, 6.07) is 1.43. The van der Waals surface area contributed by atoms with Crippen molar-refractivity contribution in [1.29, 1.82) is 0 Å². The molecule has 1 saturated heterocycles. The van der Waals surface area contributed by atoms with Crippen LogP contribution in [0.3, 0.4) is 0 Å². The van der Waals surface area contributed by atoms with E-state index in [2.05, 4.69) is 15.3 Å². The molecule has 0 radical (unpaired) electrons. The van der Waals surface area contributed by atoms with Crippen molar-refractivity contribution >= 4 is 5.91 Å². The van der Waals surface area contributed by atoms with E-state index in [1.165, 1.54) is 6.07 Å². The van der Waals surface area contributed by atoms with Gasteiger partial charge in [0.05, 0.1) is 12.7 Å². The van der Waals surface area contributed by atoms with Gasteiger partial charge >= 0.3 is 0 Å². The van der Waals surface area contributed by atoms with E-state index >= 15 is 0 Å². The molecule has 0 aromatic carbocycles. The van der Waals surface area contributed by atoms with Crippen LogP contribution in [0.2, 0.25) is 0 Å². The van der Waals surface area contributed by atoms with Crippen LogP contribution in [0.5, 0.6) is 0 Å². The third-order valence-electron chi connectivity index (χ3n) is 3.41. The predicted molar refractivity (Wildman–Crippen MR) is 80.7 cm³/mol. The molecule has 1 aliphatic rings. The highest BCUT2D eigenvalue weighted by molar-refractivity contribution is 5.77. The van der Waals surface area contributed by atoms with Crippen molar-refractivity contribution in [2.75, 3.05) is 26.4 Å². The number of ether oxygens (including phenoxy) is 2. The van der Waals surface area contributed by atoms with E-state index in [4.69, 9.17) is 9.47 Å². The van der Waals surface area contributed by atoms with E-state index in [1.54, 1.807) is 6.92 Å². The van der Waals surface area contributed by atoms with Gasteiger partial charge in [0.2, 0.25) is 5.91 Å². The topological polar surface area (TPSA) is 93.3 Å². The molecule has 2 N–H and O–H groups in total. The summed E-state index contributed by atoms with van der Waals surface area (Å²) < 4.78 is 10.9. The first-order valence-electron chi connectivity index (χ1n) is 7.66. The van der Waals surface area contributed by atoms with Crippen molar-refractivity contribution < 1.29 is 14.3 Å². The summed E-state index contributed by atoms with van der Waals surface area (Å²) in [5, 5.41) is 2.74. The van der Waals surface area contributed by atoms with Crippen LogP contribution in [-0.2, 0) is 20.7 Å². The van der Waals surface area contributed by atoms with Gasteiger partial charge in [0, 0.05) is 31.3 Å². The first-order valence-corrected chi connectivity index (χ1v) is 7.66. The molecule has 122 valence electrons. The smallest absolute Gasteiger partial charge is 0.251 e. The molecule has 2 heterocycles. The lowest BCUT2D eigenvalue weighted by Crippen LogP contribution is -2.32. The fourth-order valence-corrected chi connectivity index (χ4v) is 2.35. The second kappa shape index (κ2) is 8.65. The van der Waals surface area contributed by atoms with E-state index in [0.29, 0.717) is 31.1 Å². The molecule has 1 fully saturated rings. The lowest BCUT2D eigenvalue weighted by atomic mass is 10.1. The molecule has 7 heteroatoms. The molecule has 1 aromatic heterocycles. The van der Waals surface area contributed by atoms with E-state index in [1.807, 2.05) is 0 Å². The summed E-state index contributed by atoms with van der Waals surface area (Å²) in [7, 11) is 0. The number of H-pyrrole nitrogens is 1. The highest BCUT2D eigenvalue weighted by atomic mass is 16.5. The van der Waals surface area contributed by atoms with Crippen LogP contribution in [0.15, 0.2) is 10.9 Å². The molecule has 0 unspecified atom stereocenters. The highest BCUT2D eigenvalue weighted by Crippen LogP contribution is 2.12. The molecule has 0 aliphatic carbocycles. The molecule has 1 amide bonds. The molecule has 1 atom stereocenters. The quantitative estimate of drug-likeness (QED) is 0.757. The zero-order valence-corrected chi connectivity index (χ0v) is 12.9. The Morgan fingerprint density at radius 3 is 3.14 bits per heavy atom. The monoisotopic (exact) mass is 309 g/mol. The van der Waals surface area contributed by atoms with Crippen molar-refractivity contribution in [1.82, 2.24) is 15.3 Å². The van der Waals surface area contributed by atoms with Crippen molar-refractivity contribution in [3.05, 3.63) is 27.9 Å². The summed E-state index contributed by atoms with van der Waals surface area (Å²) in [5.41, 5.74) is 0.491. The van der Waals surface area contributed by atoms with Gasteiger partial charge in [-0.1, -0.05) is 0 Å². The molecule has 22 heavy (non-hydrogen) atoms. The maximum absolute atomic E-state index is 11.6. The fourth-order valence-electron chi connectivity index (χ4n) is 2.35. The number of nitrogens with one attached hydrogen (secondary N) is 2. The number of rotatable bonds is 7. The molecular weight excluding hydrogens is 286 g/mol. The number of carbonyl (C=O) groups is 1. The van der Waals surface area contributed by atoms with Gasteiger partial charge in [0.25, 0.3) is 5.56 Å². The van der Waals surface area contributed by atoms with Gasteiger partial charge in [0.15, 0.2) is 0 Å². The summed E-state index contributed by atoms with van der Waals surface area (Å²) in [6.07, 6.45) is 3.85. The van der Waals surface area contributed by atoms with Gasteiger partial charge in [-0.05, 0) is 26.2 Å². The van der Waals surface area contributed by atoms with E-state index in [9.17, 15) is 9.59 Å². The number of nitrogens with zero attached hydrogens (tertiary/aromatic N) is 1. The largest absolute Gasteiger partial charge is 0.376 e. The van der Waals surface area contributed by atoms with Crippen LogP contribution in [0.1, 0.15) is 30.8 Å². The van der Waals surface area contributed by atoms with Crippen molar-refractivity contribution in [3.63, 3.8) is 0 Å². The van der Waals surface area contributed by atoms with Gasteiger partial charge in [-0.15, -0.1) is 0 Å². The fraction of sp³-hybridized carbons (Fsp3) is 0.667. The van der Waals surface area contributed by atoms with Crippen LogP contribution < -0.4 is 10.9 Å². The Kier molecular flexibility index (Phi) is 6.54. The Morgan fingerprint density at radius 2 is 2.41 bits per heavy atom. The molecule has 7 nitrogen and oxygen atoms in total.